The van der Waals surface area contributed by atoms with E-state index >= 15 is 0 Å². The van der Waals surface area contributed by atoms with Crippen LogP contribution in [0.3, 0.4) is 0 Å². The van der Waals surface area contributed by atoms with Crippen molar-refractivity contribution in [2.24, 2.45) is 0 Å². The molecule has 0 radical (unpaired) electrons. The van der Waals surface area contributed by atoms with E-state index < -0.39 is 18.3 Å². The number of aldehydes is 1. The molecule has 112 valence electrons. The number of hydrogen-bond donors (Lipinski definition) is 0. The fraction of sp³-hybridized carbons (Fsp3) is 0.562. The van der Waals surface area contributed by atoms with Gasteiger partial charge in [0.2, 0.25) is 0 Å². The Morgan fingerprint density at radius 3 is 2.33 bits per heavy atom. The number of carbonyl (C=O) groups is 1. The molecule has 0 atom stereocenters. The van der Waals surface area contributed by atoms with Crippen LogP contribution in [-0.4, -0.2) is 30.7 Å². The third-order valence-electron chi connectivity index (χ3n) is 4.53. The van der Waals surface area contributed by atoms with E-state index in [1.807, 2.05) is 39.8 Å². The number of hydrogen-bond acceptors (Lipinski definition) is 4. The lowest BCUT2D eigenvalue weighted by Crippen LogP contribution is -2.41. The summed E-state index contributed by atoms with van der Waals surface area (Å²) < 4.78 is 18.1. The SMILES string of the molecule is CC1(C)OB(c2c(C=O)cccc2OC2CC2)OC1(C)C. The molecule has 0 unspecified atom stereocenters. The van der Waals surface area contributed by atoms with E-state index in [2.05, 4.69) is 0 Å². The predicted octanol–water partition coefficient (Wildman–Crippen LogP) is 2.34. The van der Waals surface area contributed by atoms with Crippen LogP contribution in [0, 0.1) is 0 Å². The zero-order chi connectivity index (χ0) is 15.3. The molecular formula is C16H21BO4. The van der Waals surface area contributed by atoms with Gasteiger partial charge in [0.1, 0.15) is 12.0 Å². The third kappa shape index (κ3) is 2.60. The summed E-state index contributed by atoms with van der Waals surface area (Å²) in [4.78, 5) is 11.4. The van der Waals surface area contributed by atoms with Gasteiger partial charge in [0, 0.05) is 11.0 Å². The monoisotopic (exact) mass is 288 g/mol. The van der Waals surface area contributed by atoms with Crippen LogP contribution in [-0.2, 0) is 9.31 Å². The van der Waals surface area contributed by atoms with E-state index in [0.717, 1.165) is 19.1 Å². The maximum absolute atomic E-state index is 11.4. The summed E-state index contributed by atoms with van der Waals surface area (Å²) >= 11 is 0. The van der Waals surface area contributed by atoms with Crippen LogP contribution >= 0.6 is 0 Å². The lowest BCUT2D eigenvalue weighted by atomic mass is 9.75. The van der Waals surface area contributed by atoms with Crippen LogP contribution in [0.1, 0.15) is 50.9 Å². The van der Waals surface area contributed by atoms with E-state index in [-0.39, 0.29) is 6.10 Å². The molecule has 0 bridgehead atoms. The molecule has 1 saturated carbocycles. The molecular weight excluding hydrogens is 267 g/mol. The van der Waals surface area contributed by atoms with Crippen molar-refractivity contribution in [3.63, 3.8) is 0 Å². The molecule has 3 rings (SSSR count). The lowest BCUT2D eigenvalue weighted by Gasteiger charge is -2.32. The van der Waals surface area contributed by atoms with Crippen molar-refractivity contribution in [3.8, 4) is 5.75 Å². The van der Waals surface area contributed by atoms with Gasteiger partial charge in [-0.2, -0.15) is 0 Å². The third-order valence-corrected chi connectivity index (χ3v) is 4.53. The van der Waals surface area contributed by atoms with Gasteiger partial charge in [0.15, 0.2) is 0 Å². The van der Waals surface area contributed by atoms with Gasteiger partial charge in [-0.1, -0.05) is 12.1 Å². The molecule has 1 aliphatic carbocycles. The van der Waals surface area contributed by atoms with Gasteiger partial charge < -0.3 is 14.0 Å². The Hall–Kier alpha value is -1.33. The standard InChI is InChI=1S/C16H21BO4/c1-15(2)16(3,4)21-17(20-15)14-11(10-18)6-5-7-13(14)19-12-8-9-12/h5-7,10,12H,8-9H2,1-4H3. The highest BCUT2D eigenvalue weighted by Crippen LogP contribution is 2.38. The molecule has 21 heavy (non-hydrogen) atoms. The summed E-state index contributed by atoms with van der Waals surface area (Å²) in [6.45, 7) is 7.99. The van der Waals surface area contributed by atoms with Crippen molar-refractivity contribution in [1.82, 2.24) is 0 Å². The summed E-state index contributed by atoms with van der Waals surface area (Å²) in [6.07, 6.45) is 3.22. The molecule has 0 amide bonds. The molecule has 4 nitrogen and oxygen atoms in total. The minimum atomic E-state index is -0.579. The van der Waals surface area contributed by atoms with Crippen molar-refractivity contribution in [3.05, 3.63) is 23.8 Å². The quantitative estimate of drug-likeness (QED) is 0.630. The number of carbonyl (C=O) groups excluding carboxylic acids is 1. The summed E-state index contributed by atoms with van der Waals surface area (Å²) in [6, 6.07) is 5.48. The van der Waals surface area contributed by atoms with Gasteiger partial charge in [-0.3, -0.25) is 4.79 Å². The van der Waals surface area contributed by atoms with Gasteiger partial charge in [0.05, 0.1) is 17.3 Å². The molecule has 1 saturated heterocycles. The van der Waals surface area contributed by atoms with Crippen LogP contribution in [0.15, 0.2) is 18.2 Å². The Kier molecular flexibility index (Phi) is 3.37. The molecule has 0 N–H and O–H groups in total. The smallest absolute Gasteiger partial charge is 0.491 e. The van der Waals surface area contributed by atoms with Crippen molar-refractivity contribution < 1.29 is 18.8 Å². The fourth-order valence-corrected chi connectivity index (χ4v) is 2.35. The van der Waals surface area contributed by atoms with E-state index in [1.165, 1.54) is 0 Å². The Bertz CT molecular complexity index is 547. The zero-order valence-electron chi connectivity index (χ0n) is 13.0. The molecule has 0 aromatic heterocycles. The lowest BCUT2D eigenvalue weighted by molar-refractivity contribution is 0.00578. The van der Waals surface area contributed by atoms with E-state index in [9.17, 15) is 4.79 Å². The molecule has 1 heterocycles. The minimum Gasteiger partial charge on any atom is -0.491 e. The largest absolute Gasteiger partial charge is 0.499 e. The first kappa shape index (κ1) is 14.6. The first-order chi connectivity index (χ1) is 9.84. The maximum Gasteiger partial charge on any atom is 0.499 e. The van der Waals surface area contributed by atoms with Crippen LogP contribution in [0.4, 0.5) is 0 Å². The average Bonchev–Trinajstić information content (AvgIpc) is 3.17. The van der Waals surface area contributed by atoms with Gasteiger partial charge in [-0.25, -0.2) is 0 Å². The van der Waals surface area contributed by atoms with Crippen molar-refractivity contribution in [1.29, 1.82) is 0 Å². The Morgan fingerprint density at radius 2 is 1.81 bits per heavy atom. The van der Waals surface area contributed by atoms with E-state index in [4.69, 9.17) is 14.0 Å². The van der Waals surface area contributed by atoms with Crippen LogP contribution in [0.2, 0.25) is 0 Å². The summed E-state index contributed by atoms with van der Waals surface area (Å²) in [5.41, 5.74) is 0.388. The highest BCUT2D eigenvalue weighted by molar-refractivity contribution is 6.64. The van der Waals surface area contributed by atoms with Gasteiger partial charge in [-0.05, 0) is 46.6 Å². The summed E-state index contributed by atoms with van der Waals surface area (Å²) in [5.74, 6) is 0.695. The molecule has 1 aromatic rings. The van der Waals surface area contributed by atoms with Crippen molar-refractivity contribution in [2.75, 3.05) is 0 Å². The highest BCUT2D eigenvalue weighted by atomic mass is 16.7. The topological polar surface area (TPSA) is 44.8 Å². The maximum atomic E-state index is 11.4. The van der Waals surface area contributed by atoms with Crippen LogP contribution in [0.25, 0.3) is 0 Å². The summed E-state index contributed by atoms with van der Waals surface area (Å²) in [5, 5.41) is 0. The fourth-order valence-electron chi connectivity index (χ4n) is 2.35. The molecule has 2 aliphatic rings. The Morgan fingerprint density at radius 1 is 1.19 bits per heavy atom. The molecule has 1 aliphatic heterocycles. The van der Waals surface area contributed by atoms with E-state index in [1.54, 1.807) is 6.07 Å². The van der Waals surface area contributed by atoms with Gasteiger partial charge >= 0.3 is 7.12 Å². The number of benzene rings is 1. The molecule has 0 spiro atoms. The second kappa shape index (κ2) is 4.85. The Labute approximate surface area is 125 Å². The van der Waals surface area contributed by atoms with Crippen LogP contribution in [0.5, 0.6) is 5.75 Å². The highest BCUT2D eigenvalue weighted by Gasteiger charge is 2.53. The zero-order valence-corrected chi connectivity index (χ0v) is 13.0. The van der Waals surface area contributed by atoms with Crippen molar-refractivity contribution in [2.45, 2.75) is 57.8 Å². The second-order valence-corrected chi connectivity index (χ2v) is 6.78. The van der Waals surface area contributed by atoms with Gasteiger partial charge in [-0.15, -0.1) is 0 Å². The van der Waals surface area contributed by atoms with Crippen molar-refractivity contribution >= 4 is 18.9 Å². The molecule has 2 fully saturated rings. The average molecular weight is 288 g/mol. The predicted molar refractivity (Wildman–Crippen MR) is 81.2 cm³/mol. The second-order valence-electron chi connectivity index (χ2n) is 6.78. The first-order valence-electron chi connectivity index (χ1n) is 7.44. The first-order valence-corrected chi connectivity index (χ1v) is 7.44. The van der Waals surface area contributed by atoms with Crippen LogP contribution < -0.4 is 10.2 Å². The van der Waals surface area contributed by atoms with E-state index in [0.29, 0.717) is 16.8 Å². The number of ether oxygens (including phenoxy) is 1. The number of rotatable bonds is 4. The Balaban J connectivity index is 1.99. The minimum absolute atomic E-state index is 0.257. The van der Waals surface area contributed by atoms with Gasteiger partial charge in [0.25, 0.3) is 0 Å². The molecule has 5 heteroatoms. The summed E-state index contributed by atoms with van der Waals surface area (Å²) in [7, 11) is -0.579. The molecule has 1 aromatic carbocycles. The normalized spacial score (nSPS) is 23.1.